The third-order valence-corrected chi connectivity index (χ3v) is 6.64. The molecule has 0 unspecified atom stereocenters. The predicted molar refractivity (Wildman–Crippen MR) is 113 cm³/mol. The van der Waals surface area contributed by atoms with Crippen molar-refractivity contribution in [2.45, 2.75) is 44.3 Å². The van der Waals surface area contributed by atoms with Gasteiger partial charge in [0.15, 0.2) is 5.76 Å². The number of nitrogens with one attached hydrogen (secondary N) is 1. The summed E-state index contributed by atoms with van der Waals surface area (Å²) in [5.41, 5.74) is 1.54. The van der Waals surface area contributed by atoms with Crippen LogP contribution in [0.15, 0.2) is 32.5 Å². The lowest BCUT2D eigenvalue weighted by Gasteiger charge is -2.08. The minimum absolute atomic E-state index is 0.0740. The molecule has 30 heavy (non-hydrogen) atoms. The number of hydrogen-bond acceptors (Lipinski definition) is 9. The normalized spacial score (nSPS) is 13.5. The number of aryl methyl sites for hydroxylation is 1. The van der Waals surface area contributed by atoms with Gasteiger partial charge in [0.05, 0.1) is 24.2 Å². The Morgan fingerprint density at radius 1 is 1.27 bits per heavy atom. The van der Waals surface area contributed by atoms with Crippen molar-refractivity contribution in [2.24, 2.45) is 0 Å². The summed E-state index contributed by atoms with van der Waals surface area (Å²) in [6, 6.07) is 3.44. The number of amides is 1. The molecule has 0 saturated heterocycles. The highest BCUT2D eigenvalue weighted by Crippen LogP contribution is 2.38. The largest absolute Gasteiger partial charge is 0.462 e. The van der Waals surface area contributed by atoms with Crippen molar-refractivity contribution >= 4 is 40.0 Å². The third kappa shape index (κ3) is 4.59. The molecule has 8 nitrogen and oxygen atoms in total. The summed E-state index contributed by atoms with van der Waals surface area (Å²) in [7, 11) is 0. The molecule has 0 radical (unpaired) electrons. The van der Waals surface area contributed by atoms with Gasteiger partial charge >= 0.3 is 5.97 Å². The zero-order valence-corrected chi connectivity index (χ0v) is 18.1. The molecule has 1 aliphatic carbocycles. The number of hydrogen-bond donors (Lipinski definition) is 1. The minimum Gasteiger partial charge on any atom is -0.462 e. The van der Waals surface area contributed by atoms with E-state index < -0.39 is 0 Å². The van der Waals surface area contributed by atoms with Crippen molar-refractivity contribution in [3.63, 3.8) is 0 Å². The number of nitrogens with zero attached hydrogens (tertiary/aromatic N) is 2. The molecule has 0 atom stereocenters. The SMILES string of the molecule is CCOC(=O)c1c(NC(=O)CSc2nnc(-c3ccco3)o2)sc2c1CCCCC2. The first-order valence-corrected chi connectivity index (χ1v) is 11.6. The Kier molecular flexibility index (Phi) is 6.53. The summed E-state index contributed by atoms with van der Waals surface area (Å²) >= 11 is 2.60. The van der Waals surface area contributed by atoms with Gasteiger partial charge in [-0.05, 0) is 50.3 Å². The molecule has 0 saturated carbocycles. The van der Waals surface area contributed by atoms with Crippen LogP contribution < -0.4 is 5.32 Å². The molecule has 0 aromatic carbocycles. The second-order valence-corrected chi connectivity index (χ2v) is 8.71. The summed E-state index contributed by atoms with van der Waals surface area (Å²) in [5.74, 6) is 0.178. The highest BCUT2D eigenvalue weighted by molar-refractivity contribution is 7.99. The number of carbonyl (C=O) groups excluding carboxylic acids is 2. The van der Waals surface area contributed by atoms with Crippen molar-refractivity contribution in [2.75, 3.05) is 17.7 Å². The van der Waals surface area contributed by atoms with Crippen LogP contribution in [-0.2, 0) is 22.4 Å². The van der Waals surface area contributed by atoms with Crippen molar-refractivity contribution in [1.29, 1.82) is 0 Å². The lowest BCUT2D eigenvalue weighted by atomic mass is 10.1. The summed E-state index contributed by atoms with van der Waals surface area (Å²) in [6.07, 6.45) is 6.55. The molecule has 10 heteroatoms. The fraction of sp³-hybridized carbons (Fsp3) is 0.400. The molecule has 3 aromatic rings. The van der Waals surface area contributed by atoms with E-state index in [0.29, 0.717) is 22.9 Å². The molecule has 1 N–H and O–H groups in total. The van der Waals surface area contributed by atoms with Gasteiger partial charge in [0.2, 0.25) is 5.91 Å². The summed E-state index contributed by atoms with van der Waals surface area (Å²) in [5, 5.41) is 11.5. The topological polar surface area (TPSA) is 107 Å². The Balaban J connectivity index is 1.44. The molecule has 3 aromatic heterocycles. The maximum absolute atomic E-state index is 12.6. The number of furan rings is 1. The van der Waals surface area contributed by atoms with Crippen LogP contribution in [0.3, 0.4) is 0 Å². The standard InChI is InChI=1S/C20H21N3O5S2/c1-2-26-19(25)16-12-7-4-3-5-9-14(12)30-18(16)21-15(24)11-29-20-23-22-17(28-20)13-8-6-10-27-13/h6,8,10H,2-5,7,9,11H2,1H3,(H,21,24). The smallest absolute Gasteiger partial charge is 0.341 e. The van der Waals surface area contributed by atoms with Crippen LogP contribution in [0.25, 0.3) is 11.7 Å². The van der Waals surface area contributed by atoms with Crippen molar-refractivity contribution < 1.29 is 23.2 Å². The average Bonchev–Trinajstić information content (AvgIpc) is 3.44. The first kappa shape index (κ1) is 20.7. The third-order valence-electron chi connectivity index (χ3n) is 4.62. The highest BCUT2D eigenvalue weighted by atomic mass is 32.2. The van der Waals surface area contributed by atoms with E-state index >= 15 is 0 Å². The van der Waals surface area contributed by atoms with Gasteiger partial charge in [0.25, 0.3) is 11.1 Å². The molecule has 0 bridgehead atoms. The van der Waals surface area contributed by atoms with Gasteiger partial charge in [0, 0.05) is 4.88 Å². The van der Waals surface area contributed by atoms with E-state index in [-0.39, 0.29) is 28.7 Å². The van der Waals surface area contributed by atoms with E-state index in [0.717, 1.165) is 49.4 Å². The van der Waals surface area contributed by atoms with Crippen LogP contribution in [0.5, 0.6) is 0 Å². The van der Waals surface area contributed by atoms with Gasteiger partial charge in [-0.3, -0.25) is 4.79 Å². The van der Waals surface area contributed by atoms with E-state index in [2.05, 4.69) is 15.5 Å². The fourth-order valence-corrected chi connectivity index (χ4v) is 5.16. The number of thiophene rings is 1. The first-order chi connectivity index (χ1) is 14.7. The number of carbonyl (C=O) groups is 2. The van der Waals surface area contributed by atoms with E-state index in [1.54, 1.807) is 19.1 Å². The van der Waals surface area contributed by atoms with Crippen molar-refractivity contribution in [3.05, 3.63) is 34.4 Å². The van der Waals surface area contributed by atoms with Crippen LogP contribution >= 0.6 is 23.1 Å². The lowest BCUT2D eigenvalue weighted by Crippen LogP contribution is -2.16. The van der Waals surface area contributed by atoms with Crippen LogP contribution in [0.1, 0.15) is 47.0 Å². The molecule has 1 amide bonds. The highest BCUT2D eigenvalue weighted by Gasteiger charge is 2.26. The van der Waals surface area contributed by atoms with E-state index in [9.17, 15) is 9.59 Å². The van der Waals surface area contributed by atoms with Gasteiger partial charge < -0.3 is 18.9 Å². The quantitative estimate of drug-likeness (QED) is 0.319. The Morgan fingerprint density at radius 3 is 2.93 bits per heavy atom. The van der Waals surface area contributed by atoms with Crippen LogP contribution in [0, 0.1) is 0 Å². The number of anilines is 1. The number of ether oxygens (including phenoxy) is 1. The Hall–Kier alpha value is -2.59. The van der Waals surface area contributed by atoms with Gasteiger partial charge in [-0.15, -0.1) is 21.5 Å². The van der Waals surface area contributed by atoms with E-state index in [1.807, 2.05) is 0 Å². The van der Waals surface area contributed by atoms with E-state index in [1.165, 1.54) is 22.5 Å². The minimum atomic E-state index is -0.375. The number of rotatable bonds is 7. The lowest BCUT2D eigenvalue weighted by molar-refractivity contribution is -0.113. The number of fused-ring (bicyclic) bond motifs is 1. The second kappa shape index (κ2) is 9.48. The molecule has 0 fully saturated rings. The monoisotopic (exact) mass is 447 g/mol. The molecule has 158 valence electrons. The molecule has 1 aliphatic rings. The summed E-state index contributed by atoms with van der Waals surface area (Å²) in [6.45, 7) is 2.07. The number of aromatic nitrogens is 2. The predicted octanol–water partition coefficient (Wildman–Crippen LogP) is 4.57. The number of esters is 1. The Labute approximate surface area is 181 Å². The Bertz CT molecular complexity index is 1030. The summed E-state index contributed by atoms with van der Waals surface area (Å²) < 4.78 is 16.0. The molecule has 0 spiro atoms. The molecule has 0 aliphatic heterocycles. The maximum Gasteiger partial charge on any atom is 0.341 e. The molecule has 3 heterocycles. The zero-order chi connectivity index (χ0) is 20.9. The van der Waals surface area contributed by atoms with Crippen molar-refractivity contribution in [1.82, 2.24) is 10.2 Å². The van der Waals surface area contributed by atoms with Crippen molar-refractivity contribution in [3.8, 4) is 11.7 Å². The molecule has 4 rings (SSSR count). The Morgan fingerprint density at radius 2 is 2.13 bits per heavy atom. The number of thioether (sulfide) groups is 1. The summed E-state index contributed by atoms with van der Waals surface area (Å²) in [4.78, 5) is 26.3. The van der Waals surface area contributed by atoms with Crippen LogP contribution in [-0.4, -0.2) is 34.4 Å². The second-order valence-electron chi connectivity index (χ2n) is 6.68. The van der Waals surface area contributed by atoms with Crippen LogP contribution in [0.4, 0.5) is 5.00 Å². The molecular formula is C20H21N3O5S2. The van der Waals surface area contributed by atoms with Gasteiger partial charge in [-0.2, -0.15) is 0 Å². The zero-order valence-electron chi connectivity index (χ0n) is 16.4. The van der Waals surface area contributed by atoms with Gasteiger partial charge in [0.1, 0.15) is 5.00 Å². The average molecular weight is 448 g/mol. The van der Waals surface area contributed by atoms with Gasteiger partial charge in [-0.1, -0.05) is 18.2 Å². The van der Waals surface area contributed by atoms with E-state index in [4.69, 9.17) is 13.6 Å². The fourth-order valence-electron chi connectivity index (χ4n) is 3.31. The molecular weight excluding hydrogens is 426 g/mol. The maximum atomic E-state index is 12.6. The van der Waals surface area contributed by atoms with Gasteiger partial charge in [-0.25, -0.2) is 4.79 Å². The van der Waals surface area contributed by atoms with Crippen LogP contribution in [0.2, 0.25) is 0 Å². The first-order valence-electron chi connectivity index (χ1n) is 9.77.